The molecule has 7 N–H and O–H groups in total. The number of azo groups is 2. The van der Waals surface area contributed by atoms with Gasteiger partial charge in [-0.2, -0.15) is 38.8 Å². The molecule has 0 radical (unpaired) electrons. The molecule has 0 atom stereocenters. The number of phenolic OH excluding ortho intramolecular Hbond substituents is 1. The zero-order valence-electron chi connectivity index (χ0n) is 20.8. The number of nitrogens with zero attached hydrogens (tertiary/aromatic N) is 4. The molecule has 0 saturated carbocycles. The highest BCUT2D eigenvalue weighted by molar-refractivity contribution is 7.86. The van der Waals surface area contributed by atoms with Gasteiger partial charge < -0.3 is 10.8 Å². The number of anilines is 1. The summed E-state index contributed by atoms with van der Waals surface area (Å²) in [7, 11) is -20.0. The van der Waals surface area contributed by atoms with Crippen molar-refractivity contribution in [3.05, 3.63) is 48.2 Å². The fraction of sp³-hybridized carbons (Fsp3) is 0.100. The van der Waals surface area contributed by atoms with Gasteiger partial charge in [0.1, 0.15) is 37.5 Å². The highest BCUT2D eigenvalue weighted by atomic mass is 32.2. The Morgan fingerprint density at radius 2 is 1.31 bits per heavy atom. The van der Waals surface area contributed by atoms with Gasteiger partial charge in [0.05, 0.1) is 16.8 Å². The van der Waals surface area contributed by atoms with Gasteiger partial charge in [-0.15, -0.1) is 15.3 Å². The van der Waals surface area contributed by atoms with E-state index in [4.69, 9.17) is 10.3 Å². The van der Waals surface area contributed by atoms with Gasteiger partial charge in [0, 0.05) is 0 Å². The molecule has 22 heteroatoms. The Morgan fingerprint density at radius 3 is 1.81 bits per heavy atom. The van der Waals surface area contributed by atoms with Crippen LogP contribution in [0.4, 0.5) is 22.7 Å². The molecule has 0 bridgehead atoms. The van der Waals surface area contributed by atoms with Gasteiger partial charge in [-0.3, -0.25) is 18.2 Å². The second-order valence-corrected chi connectivity index (χ2v) is 14.0. The van der Waals surface area contributed by atoms with Crippen molar-refractivity contribution in [2.75, 3.05) is 11.5 Å². The van der Waals surface area contributed by atoms with Crippen LogP contribution in [0.25, 0.3) is 10.8 Å². The number of aryl methyl sites for hydroxylation is 1. The quantitative estimate of drug-likeness (QED) is 0.109. The Bertz CT molecular complexity index is 2160. The summed E-state index contributed by atoms with van der Waals surface area (Å²) in [5, 5.41) is 23.7. The molecule has 0 unspecified atom stereocenters. The van der Waals surface area contributed by atoms with E-state index in [1.165, 1.54) is 13.0 Å². The number of phenols is 1. The van der Waals surface area contributed by atoms with Crippen LogP contribution in [-0.2, 0) is 40.5 Å². The summed E-state index contributed by atoms with van der Waals surface area (Å²) in [5.74, 6) is -2.32. The van der Waals surface area contributed by atoms with Crippen molar-refractivity contribution in [1.82, 2.24) is 0 Å². The molecule has 0 saturated heterocycles. The average molecular weight is 666 g/mol. The summed E-state index contributed by atoms with van der Waals surface area (Å²) < 4.78 is 132. The van der Waals surface area contributed by atoms with Crippen molar-refractivity contribution < 1.29 is 57.0 Å². The smallest absolute Gasteiger partial charge is 0.296 e. The third-order valence-electron chi connectivity index (χ3n) is 5.16. The van der Waals surface area contributed by atoms with Crippen LogP contribution in [-0.4, -0.2) is 62.7 Å². The van der Waals surface area contributed by atoms with E-state index >= 15 is 0 Å². The zero-order valence-corrected chi connectivity index (χ0v) is 24.1. The van der Waals surface area contributed by atoms with Crippen LogP contribution in [0.3, 0.4) is 0 Å². The van der Waals surface area contributed by atoms with Gasteiger partial charge in [-0.05, 0) is 42.1 Å². The van der Waals surface area contributed by atoms with Gasteiger partial charge in [-0.1, -0.05) is 12.6 Å². The Morgan fingerprint density at radius 1 is 0.786 bits per heavy atom. The summed E-state index contributed by atoms with van der Waals surface area (Å²) in [6.07, 6.45) is 0. The number of hydrogen-bond acceptors (Lipinski definition) is 14. The van der Waals surface area contributed by atoms with E-state index in [9.17, 15) is 52.4 Å². The number of rotatable bonds is 9. The van der Waals surface area contributed by atoms with Crippen molar-refractivity contribution >= 4 is 74.0 Å². The zero-order chi connectivity index (χ0) is 32.0. The van der Waals surface area contributed by atoms with Crippen LogP contribution in [0, 0.1) is 6.92 Å². The lowest BCUT2D eigenvalue weighted by Crippen LogP contribution is -2.05. The van der Waals surface area contributed by atoms with Crippen LogP contribution >= 0.6 is 0 Å². The second-order valence-electron chi connectivity index (χ2n) is 8.40. The average Bonchev–Trinajstić information content (AvgIpc) is 2.80. The SMILES string of the molecule is C=C(CS(=O)(=O)O)N=Nc1c(S(=O)(=O)O)cc2cc(S(=O)(=O)O)c(N=Nc3ccc(C)cc3S(=O)(=O)O)c(N)c2c1O. The third-order valence-corrected chi connectivity index (χ3v) is 8.48. The first-order valence-electron chi connectivity index (χ1n) is 10.6. The van der Waals surface area contributed by atoms with Crippen molar-refractivity contribution in [2.45, 2.75) is 21.6 Å². The molecule has 3 aromatic carbocycles. The molecule has 42 heavy (non-hydrogen) atoms. The van der Waals surface area contributed by atoms with E-state index in [1.54, 1.807) is 0 Å². The Labute approximate surface area is 237 Å². The van der Waals surface area contributed by atoms with Crippen LogP contribution < -0.4 is 5.73 Å². The minimum absolute atomic E-state index is 0.381. The third kappa shape index (κ3) is 7.29. The maximum Gasteiger partial charge on any atom is 0.296 e. The molecule has 3 rings (SSSR count). The number of aromatic hydroxyl groups is 1. The van der Waals surface area contributed by atoms with Gasteiger partial charge in [-0.25, -0.2) is 0 Å². The van der Waals surface area contributed by atoms with E-state index in [0.717, 1.165) is 12.1 Å². The number of nitrogens with two attached hydrogens (primary N) is 1. The minimum Gasteiger partial charge on any atom is -0.505 e. The lowest BCUT2D eigenvalue weighted by molar-refractivity contribution is 0.471. The number of fused-ring (bicyclic) bond motifs is 1. The molecular weight excluding hydrogens is 647 g/mol. The molecule has 0 spiro atoms. The predicted octanol–water partition coefficient (Wildman–Crippen LogP) is 3.08. The van der Waals surface area contributed by atoms with Crippen molar-refractivity contribution in [3.8, 4) is 5.75 Å². The lowest BCUT2D eigenvalue weighted by atomic mass is 10.1. The van der Waals surface area contributed by atoms with E-state index in [1.807, 2.05) is 0 Å². The standard InChI is InChI=1S/C20H19N5O13S4/c1-9-3-4-12(13(5-9)40(30,31)32)23-24-18-14(41(33,34)35)6-11-7-15(42(36,37)38)19(20(26)16(11)17(18)21)25-22-10(2)8-39(27,28)29/h3-7,26H,2,8,21H2,1H3,(H,27,28,29)(H,30,31,32)(H,33,34,35)(H,36,37,38). The van der Waals surface area contributed by atoms with Crippen LogP contribution in [0.2, 0.25) is 0 Å². The maximum atomic E-state index is 12.2. The van der Waals surface area contributed by atoms with Crippen LogP contribution in [0.1, 0.15) is 5.56 Å². The topological polar surface area (TPSA) is 313 Å². The van der Waals surface area contributed by atoms with Gasteiger partial charge in [0.25, 0.3) is 40.5 Å². The molecule has 18 nitrogen and oxygen atoms in total. The molecule has 0 aromatic heterocycles. The Kier molecular flexibility index (Phi) is 8.59. The molecule has 3 aromatic rings. The van der Waals surface area contributed by atoms with Crippen LogP contribution in [0.5, 0.6) is 5.75 Å². The normalized spacial score (nSPS) is 13.4. The lowest BCUT2D eigenvalue weighted by Gasteiger charge is -2.14. The summed E-state index contributed by atoms with van der Waals surface area (Å²) in [5.41, 5.74) is 2.54. The minimum atomic E-state index is -5.26. The van der Waals surface area contributed by atoms with Crippen molar-refractivity contribution in [1.29, 1.82) is 0 Å². The van der Waals surface area contributed by atoms with E-state index in [-0.39, 0.29) is 0 Å². The first-order valence-corrected chi connectivity index (χ1v) is 16.6. The largest absolute Gasteiger partial charge is 0.505 e. The van der Waals surface area contributed by atoms with E-state index < -0.39 is 106 Å². The fourth-order valence-electron chi connectivity index (χ4n) is 3.48. The number of nitrogen functional groups attached to an aromatic ring is 1. The van der Waals surface area contributed by atoms with Gasteiger partial charge >= 0.3 is 0 Å². The predicted molar refractivity (Wildman–Crippen MR) is 145 cm³/mol. The summed E-state index contributed by atoms with van der Waals surface area (Å²) in [6, 6.07) is 4.65. The molecule has 0 aliphatic heterocycles. The fourth-order valence-corrected chi connectivity index (χ4v) is 5.99. The molecule has 226 valence electrons. The first-order chi connectivity index (χ1) is 19.0. The Hall–Kier alpha value is -3.90. The molecule has 0 heterocycles. The van der Waals surface area contributed by atoms with E-state index in [2.05, 4.69) is 27.0 Å². The molecule has 0 amide bonds. The molecule has 0 aliphatic rings. The summed E-state index contributed by atoms with van der Waals surface area (Å²) in [4.78, 5) is -3.01. The summed E-state index contributed by atoms with van der Waals surface area (Å²) >= 11 is 0. The highest BCUT2D eigenvalue weighted by Crippen LogP contribution is 2.48. The highest BCUT2D eigenvalue weighted by Gasteiger charge is 2.28. The van der Waals surface area contributed by atoms with Gasteiger partial charge in [0.15, 0.2) is 5.75 Å². The first kappa shape index (κ1) is 32.6. The summed E-state index contributed by atoms with van der Waals surface area (Å²) in [6.45, 7) is 4.68. The van der Waals surface area contributed by atoms with Crippen molar-refractivity contribution in [2.24, 2.45) is 20.5 Å². The number of benzene rings is 3. The molecule has 0 fully saturated rings. The van der Waals surface area contributed by atoms with Crippen molar-refractivity contribution in [3.63, 3.8) is 0 Å². The molecular formula is C20H19N5O13S4. The monoisotopic (exact) mass is 665 g/mol. The number of hydrogen-bond donors (Lipinski definition) is 6. The molecule has 0 aliphatic carbocycles. The second kappa shape index (κ2) is 11.1. The van der Waals surface area contributed by atoms with E-state index in [0.29, 0.717) is 17.7 Å². The maximum absolute atomic E-state index is 12.2. The van der Waals surface area contributed by atoms with Crippen LogP contribution in [0.15, 0.2) is 77.8 Å². The van der Waals surface area contributed by atoms with Gasteiger partial charge in [0.2, 0.25) is 0 Å². The Balaban J connectivity index is 2.41.